The number of hydrogen-bond acceptors (Lipinski definition) is 3. The van der Waals surface area contributed by atoms with Crippen molar-refractivity contribution in [1.82, 2.24) is 4.90 Å². The normalized spacial score (nSPS) is 15.7. The molecule has 4 nitrogen and oxygen atoms in total. The monoisotopic (exact) mass is 317 g/mol. The van der Waals surface area contributed by atoms with Gasteiger partial charge in [0, 0.05) is 37.6 Å². The third-order valence-electron chi connectivity index (χ3n) is 3.64. The van der Waals surface area contributed by atoms with Gasteiger partial charge in [-0.1, -0.05) is 18.7 Å². The van der Waals surface area contributed by atoms with Gasteiger partial charge < -0.3 is 9.64 Å². The van der Waals surface area contributed by atoms with Gasteiger partial charge in [-0.2, -0.15) is 0 Å². The predicted molar refractivity (Wildman–Crippen MR) is 85.9 cm³/mol. The zero-order valence-electron chi connectivity index (χ0n) is 13.1. The van der Waals surface area contributed by atoms with Crippen molar-refractivity contribution in [2.75, 3.05) is 13.1 Å². The van der Waals surface area contributed by atoms with Crippen LogP contribution >= 0.6 is 0 Å². The minimum atomic E-state index is -0.388. The second-order valence-corrected chi connectivity index (χ2v) is 5.60. The minimum Gasteiger partial charge on any atom is -0.459 e. The van der Waals surface area contributed by atoms with Crippen molar-refractivity contribution in [2.45, 2.75) is 25.9 Å². The maximum Gasteiger partial charge on any atom is 0.333 e. The molecule has 0 radical (unpaired) electrons. The Morgan fingerprint density at radius 3 is 2.65 bits per heavy atom. The summed E-state index contributed by atoms with van der Waals surface area (Å²) in [5.41, 5.74) is 1.02. The molecule has 0 aliphatic carbocycles. The Hall–Kier alpha value is -2.43. The summed E-state index contributed by atoms with van der Waals surface area (Å²) >= 11 is 0. The number of carbonyl (C=O) groups is 2. The molecule has 0 unspecified atom stereocenters. The quantitative estimate of drug-likeness (QED) is 0.633. The van der Waals surface area contributed by atoms with Crippen LogP contribution in [0.25, 0.3) is 6.08 Å². The molecule has 1 aromatic carbocycles. The fraction of sp³-hybridized carbons (Fsp3) is 0.333. The number of benzene rings is 1. The van der Waals surface area contributed by atoms with Crippen LogP contribution < -0.4 is 0 Å². The van der Waals surface area contributed by atoms with Gasteiger partial charge in [-0.3, -0.25) is 4.79 Å². The number of carbonyl (C=O) groups excluding carboxylic acids is 2. The molecule has 2 rings (SSSR count). The zero-order chi connectivity index (χ0) is 16.8. The van der Waals surface area contributed by atoms with E-state index in [1.807, 2.05) is 0 Å². The van der Waals surface area contributed by atoms with Gasteiger partial charge in [0.15, 0.2) is 0 Å². The van der Waals surface area contributed by atoms with E-state index in [4.69, 9.17) is 4.74 Å². The Labute approximate surface area is 135 Å². The Balaban J connectivity index is 1.84. The number of hydrogen-bond donors (Lipinski definition) is 0. The molecule has 1 aliphatic heterocycles. The molecule has 0 atom stereocenters. The highest BCUT2D eigenvalue weighted by atomic mass is 19.1. The first kappa shape index (κ1) is 16.9. The lowest BCUT2D eigenvalue weighted by Gasteiger charge is -2.31. The second kappa shape index (κ2) is 7.72. The van der Waals surface area contributed by atoms with E-state index in [0.29, 0.717) is 37.1 Å². The highest BCUT2D eigenvalue weighted by Gasteiger charge is 2.24. The molecule has 0 aromatic heterocycles. The summed E-state index contributed by atoms with van der Waals surface area (Å²) in [4.78, 5) is 25.3. The highest BCUT2D eigenvalue weighted by molar-refractivity contribution is 5.91. The lowest BCUT2D eigenvalue weighted by Crippen LogP contribution is -2.40. The van der Waals surface area contributed by atoms with E-state index in [-0.39, 0.29) is 23.8 Å². The van der Waals surface area contributed by atoms with Crippen molar-refractivity contribution in [3.63, 3.8) is 0 Å². The molecule has 122 valence electrons. The molecular formula is C18H20FNO3. The molecule has 1 fully saturated rings. The van der Waals surface area contributed by atoms with E-state index in [1.165, 1.54) is 18.2 Å². The molecule has 1 heterocycles. The van der Waals surface area contributed by atoms with Crippen LogP contribution in [0.4, 0.5) is 4.39 Å². The predicted octanol–water partition coefficient (Wildman–Crippen LogP) is 2.95. The minimum absolute atomic E-state index is 0.126. The van der Waals surface area contributed by atoms with Gasteiger partial charge in [-0.15, -0.1) is 0 Å². The van der Waals surface area contributed by atoms with E-state index in [1.54, 1.807) is 30.0 Å². The molecule has 1 aliphatic rings. The lowest BCUT2D eigenvalue weighted by atomic mass is 10.1. The summed E-state index contributed by atoms with van der Waals surface area (Å²) in [6.07, 6.45) is 4.08. The summed E-state index contributed by atoms with van der Waals surface area (Å²) in [5.74, 6) is -0.848. The van der Waals surface area contributed by atoms with Crippen molar-refractivity contribution < 1.29 is 18.7 Å². The fourth-order valence-corrected chi connectivity index (χ4v) is 2.33. The lowest BCUT2D eigenvalue weighted by molar-refractivity contribution is -0.147. The largest absolute Gasteiger partial charge is 0.459 e. The summed E-state index contributed by atoms with van der Waals surface area (Å²) in [6, 6.07) is 6.06. The number of rotatable bonds is 4. The molecule has 0 spiro atoms. The van der Waals surface area contributed by atoms with Crippen molar-refractivity contribution in [2.24, 2.45) is 0 Å². The van der Waals surface area contributed by atoms with Crippen LogP contribution in [0.1, 0.15) is 25.3 Å². The number of esters is 1. The second-order valence-electron chi connectivity index (χ2n) is 5.60. The van der Waals surface area contributed by atoms with E-state index in [9.17, 15) is 14.0 Å². The molecule has 1 saturated heterocycles. The third-order valence-corrected chi connectivity index (χ3v) is 3.64. The van der Waals surface area contributed by atoms with Gasteiger partial charge in [0.1, 0.15) is 11.9 Å². The molecule has 1 aromatic rings. The van der Waals surface area contributed by atoms with E-state index in [0.717, 1.165) is 0 Å². The molecule has 5 heteroatoms. The summed E-state index contributed by atoms with van der Waals surface area (Å²) in [6.45, 7) is 6.21. The van der Waals surface area contributed by atoms with Crippen molar-refractivity contribution in [3.05, 3.63) is 53.9 Å². The molecule has 0 bridgehead atoms. The average molecular weight is 317 g/mol. The van der Waals surface area contributed by atoms with Gasteiger partial charge in [0.2, 0.25) is 5.91 Å². The standard InChI is InChI=1S/C18H20FNO3/c1-13(2)18(22)23-16-8-10-20(11-9-16)17(21)7-6-14-4-3-5-15(19)12-14/h3-7,12,16H,1,8-11H2,2H3/b7-6+. The van der Waals surface area contributed by atoms with Gasteiger partial charge in [0.05, 0.1) is 0 Å². The smallest absolute Gasteiger partial charge is 0.333 e. The van der Waals surface area contributed by atoms with Crippen molar-refractivity contribution in [3.8, 4) is 0 Å². The van der Waals surface area contributed by atoms with Crippen LogP contribution in [-0.4, -0.2) is 36.0 Å². The Morgan fingerprint density at radius 1 is 1.35 bits per heavy atom. The number of likely N-dealkylation sites (tertiary alicyclic amines) is 1. The van der Waals surface area contributed by atoms with Crippen LogP contribution in [0, 0.1) is 5.82 Å². The molecule has 0 N–H and O–H groups in total. The molecular weight excluding hydrogens is 297 g/mol. The number of piperidine rings is 1. The number of halogens is 1. The van der Waals surface area contributed by atoms with Gasteiger partial charge in [0.25, 0.3) is 0 Å². The Bertz CT molecular complexity index is 631. The SMILES string of the molecule is C=C(C)C(=O)OC1CCN(C(=O)/C=C/c2cccc(F)c2)CC1. The Morgan fingerprint density at radius 2 is 2.04 bits per heavy atom. The third kappa shape index (κ3) is 5.06. The topological polar surface area (TPSA) is 46.6 Å². The first-order valence-electron chi connectivity index (χ1n) is 7.55. The zero-order valence-corrected chi connectivity index (χ0v) is 13.1. The van der Waals surface area contributed by atoms with Gasteiger partial charge >= 0.3 is 5.97 Å². The molecule has 1 amide bonds. The summed E-state index contributed by atoms with van der Waals surface area (Å²) < 4.78 is 18.4. The van der Waals surface area contributed by atoms with E-state index >= 15 is 0 Å². The van der Waals surface area contributed by atoms with E-state index in [2.05, 4.69) is 6.58 Å². The number of ether oxygens (including phenoxy) is 1. The van der Waals surface area contributed by atoms with Crippen LogP contribution in [-0.2, 0) is 14.3 Å². The number of amides is 1. The van der Waals surface area contributed by atoms with Crippen LogP contribution in [0.5, 0.6) is 0 Å². The van der Waals surface area contributed by atoms with Gasteiger partial charge in [-0.05, 0) is 30.7 Å². The van der Waals surface area contributed by atoms with Crippen LogP contribution in [0.2, 0.25) is 0 Å². The van der Waals surface area contributed by atoms with Gasteiger partial charge in [-0.25, -0.2) is 9.18 Å². The maximum absolute atomic E-state index is 13.1. The first-order chi connectivity index (χ1) is 11.0. The fourth-order valence-electron chi connectivity index (χ4n) is 2.33. The average Bonchev–Trinajstić information content (AvgIpc) is 2.53. The summed E-state index contributed by atoms with van der Waals surface area (Å²) in [5, 5.41) is 0. The van der Waals surface area contributed by atoms with Crippen molar-refractivity contribution >= 4 is 18.0 Å². The molecule has 0 saturated carbocycles. The van der Waals surface area contributed by atoms with Crippen LogP contribution in [0.3, 0.4) is 0 Å². The molecule has 23 heavy (non-hydrogen) atoms. The Kier molecular flexibility index (Phi) is 5.68. The first-order valence-corrected chi connectivity index (χ1v) is 7.55. The number of nitrogens with zero attached hydrogens (tertiary/aromatic N) is 1. The van der Waals surface area contributed by atoms with Crippen LogP contribution in [0.15, 0.2) is 42.5 Å². The highest BCUT2D eigenvalue weighted by Crippen LogP contribution is 2.16. The van der Waals surface area contributed by atoms with Crippen molar-refractivity contribution in [1.29, 1.82) is 0 Å². The summed E-state index contributed by atoms with van der Waals surface area (Å²) in [7, 11) is 0. The maximum atomic E-state index is 13.1. The van der Waals surface area contributed by atoms with E-state index < -0.39 is 0 Å².